The Labute approximate surface area is 241 Å². The van der Waals surface area contributed by atoms with Crippen LogP contribution in [-0.4, -0.2) is 64.3 Å². The number of carbonyl (C=O) groups excluding carboxylic acids is 3. The van der Waals surface area contributed by atoms with Gasteiger partial charge in [0.2, 0.25) is 11.8 Å². The zero-order valence-corrected chi connectivity index (χ0v) is 23.5. The average Bonchev–Trinajstić information content (AvgIpc) is 3.42. The molecule has 8 nitrogen and oxygen atoms in total. The lowest BCUT2D eigenvalue weighted by atomic mass is 9.73. The number of anilines is 1. The van der Waals surface area contributed by atoms with Gasteiger partial charge in [-0.05, 0) is 62.1 Å². The van der Waals surface area contributed by atoms with Gasteiger partial charge in [-0.1, -0.05) is 36.4 Å². The van der Waals surface area contributed by atoms with Crippen LogP contribution in [0.5, 0.6) is 0 Å². The van der Waals surface area contributed by atoms with Gasteiger partial charge in [0.25, 0.3) is 5.91 Å². The molecular formula is C31H34F3N5O3. The Morgan fingerprint density at radius 1 is 1.00 bits per heavy atom. The van der Waals surface area contributed by atoms with E-state index >= 15 is 0 Å². The van der Waals surface area contributed by atoms with E-state index in [9.17, 15) is 27.6 Å². The van der Waals surface area contributed by atoms with Crippen molar-refractivity contribution in [3.8, 4) is 0 Å². The van der Waals surface area contributed by atoms with E-state index in [0.717, 1.165) is 28.8 Å². The molecule has 2 aromatic carbocycles. The Hall–Kier alpha value is -3.89. The van der Waals surface area contributed by atoms with E-state index in [1.807, 2.05) is 29.2 Å². The third-order valence-corrected chi connectivity index (χ3v) is 9.24. The number of hydrogen-bond acceptors (Lipinski definition) is 4. The highest BCUT2D eigenvalue weighted by Gasteiger charge is 2.52. The molecule has 1 N–H and O–H groups in total. The van der Waals surface area contributed by atoms with Gasteiger partial charge in [-0.3, -0.25) is 14.4 Å². The predicted octanol–water partition coefficient (Wildman–Crippen LogP) is 4.81. The number of aromatic nitrogens is 2. The number of nitrogens with one attached hydrogen (secondary N) is 1. The van der Waals surface area contributed by atoms with Crippen molar-refractivity contribution < 1.29 is 27.6 Å². The molecule has 3 heterocycles. The van der Waals surface area contributed by atoms with Crippen molar-refractivity contribution in [3.63, 3.8) is 0 Å². The molecule has 1 aromatic heterocycles. The first-order valence-electron chi connectivity index (χ1n) is 14.6. The first-order chi connectivity index (χ1) is 20.1. The molecule has 0 radical (unpaired) electrons. The molecule has 0 bridgehead atoms. The SMILES string of the molecule is CC(=O)N1CCC2(CC1)C(=O)N(C[C@H]1CC[C@H](NC(=O)c3c4ccccc4nn3CC(F)(F)F)CC1)c1ccccc12. The monoisotopic (exact) mass is 581 g/mol. The Morgan fingerprint density at radius 2 is 1.67 bits per heavy atom. The first kappa shape index (κ1) is 28.2. The number of nitrogens with zero attached hydrogens (tertiary/aromatic N) is 4. The second kappa shape index (κ2) is 10.7. The number of piperidine rings is 1. The molecule has 3 aromatic rings. The van der Waals surface area contributed by atoms with E-state index in [-0.39, 0.29) is 29.5 Å². The molecule has 42 heavy (non-hydrogen) atoms. The molecule has 3 aliphatic rings. The number of rotatable bonds is 5. The van der Waals surface area contributed by atoms with Crippen molar-refractivity contribution in [1.82, 2.24) is 20.0 Å². The number of likely N-dealkylation sites (tertiary alicyclic amines) is 1. The summed E-state index contributed by atoms with van der Waals surface area (Å²) >= 11 is 0. The van der Waals surface area contributed by atoms with Crippen LogP contribution in [0.2, 0.25) is 0 Å². The molecular weight excluding hydrogens is 547 g/mol. The highest BCUT2D eigenvalue weighted by molar-refractivity contribution is 6.08. The quantitative estimate of drug-likeness (QED) is 0.469. The van der Waals surface area contributed by atoms with E-state index in [1.165, 1.54) is 0 Å². The fourth-order valence-electron chi connectivity index (χ4n) is 7.07. The number of fused-ring (bicyclic) bond motifs is 3. The number of carbonyl (C=O) groups is 3. The molecule has 6 rings (SSSR count). The van der Waals surface area contributed by atoms with Crippen LogP contribution >= 0.6 is 0 Å². The minimum absolute atomic E-state index is 0.0299. The second-order valence-electron chi connectivity index (χ2n) is 11.9. The highest BCUT2D eigenvalue weighted by Crippen LogP contribution is 2.48. The van der Waals surface area contributed by atoms with Crippen molar-refractivity contribution in [2.45, 2.75) is 69.6 Å². The van der Waals surface area contributed by atoms with Crippen molar-refractivity contribution in [2.24, 2.45) is 5.92 Å². The van der Waals surface area contributed by atoms with Crippen molar-refractivity contribution in [3.05, 3.63) is 59.8 Å². The molecule has 1 spiro atoms. The fraction of sp³-hybridized carbons (Fsp3) is 0.484. The van der Waals surface area contributed by atoms with Crippen LogP contribution in [0.1, 0.15) is 61.5 Å². The van der Waals surface area contributed by atoms with Crippen LogP contribution in [0.15, 0.2) is 48.5 Å². The zero-order valence-electron chi connectivity index (χ0n) is 23.5. The van der Waals surface area contributed by atoms with Crippen LogP contribution in [0.3, 0.4) is 0 Å². The predicted molar refractivity (Wildman–Crippen MR) is 151 cm³/mol. The van der Waals surface area contributed by atoms with Crippen molar-refractivity contribution in [1.29, 1.82) is 0 Å². The lowest BCUT2D eigenvalue weighted by Crippen LogP contribution is -2.50. The number of para-hydroxylation sites is 1. The summed E-state index contributed by atoms with van der Waals surface area (Å²) in [6, 6.07) is 14.3. The average molecular weight is 582 g/mol. The second-order valence-corrected chi connectivity index (χ2v) is 11.9. The van der Waals surface area contributed by atoms with Gasteiger partial charge in [-0.15, -0.1) is 0 Å². The topological polar surface area (TPSA) is 87.5 Å². The third kappa shape index (κ3) is 5.13. The summed E-state index contributed by atoms with van der Waals surface area (Å²) in [6.07, 6.45) is -0.387. The fourth-order valence-corrected chi connectivity index (χ4v) is 7.07. The van der Waals surface area contributed by atoms with Crippen LogP contribution in [-0.2, 0) is 21.5 Å². The lowest BCUT2D eigenvalue weighted by molar-refractivity contribution is -0.142. The lowest BCUT2D eigenvalue weighted by Gasteiger charge is -2.38. The van der Waals surface area contributed by atoms with Crippen LogP contribution in [0.25, 0.3) is 10.9 Å². The van der Waals surface area contributed by atoms with E-state index in [0.29, 0.717) is 56.2 Å². The number of hydrogen-bond donors (Lipinski definition) is 1. The maximum absolute atomic E-state index is 13.9. The molecule has 2 fully saturated rings. The largest absolute Gasteiger partial charge is 0.408 e. The number of benzene rings is 2. The zero-order chi connectivity index (χ0) is 29.6. The van der Waals surface area contributed by atoms with Gasteiger partial charge < -0.3 is 15.1 Å². The molecule has 1 saturated heterocycles. The van der Waals surface area contributed by atoms with E-state index in [2.05, 4.69) is 10.4 Å². The maximum atomic E-state index is 13.9. The van der Waals surface area contributed by atoms with Gasteiger partial charge in [0.1, 0.15) is 12.2 Å². The smallest absolute Gasteiger partial charge is 0.348 e. The van der Waals surface area contributed by atoms with Crippen molar-refractivity contribution in [2.75, 3.05) is 24.5 Å². The van der Waals surface area contributed by atoms with E-state index < -0.39 is 24.0 Å². The molecule has 0 atom stereocenters. The minimum Gasteiger partial charge on any atom is -0.348 e. The summed E-state index contributed by atoms with van der Waals surface area (Å²) in [6.45, 7) is 1.93. The Kier molecular flexibility index (Phi) is 7.22. The molecule has 1 saturated carbocycles. The highest BCUT2D eigenvalue weighted by atomic mass is 19.4. The normalized spacial score (nSPS) is 22.0. The standard InChI is InChI=1S/C31H34F3N5O3/c1-20(40)37-16-14-30(15-17-37)24-7-3-5-9-26(24)38(29(30)42)18-21-10-12-22(13-11-21)35-28(41)27-23-6-2-4-8-25(23)36-39(27)19-31(32,33)34/h2-9,21-22H,10-19H2,1H3,(H,35,41)/t21-,22-. The molecule has 0 unspecified atom stereocenters. The Bertz CT molecular complexity index is 1520. The van der Waals surface area contributed by atoms with Gasteiger partial charge in [0.05, 0.1) is 10.9 Å². The first-order valence-corrected chi connectivity index (χ1v) is 14.6. The van der Waals surface area contributed by atoms with Gasteiger partial charge in [0, 0.05) is 43.7 Å². The van der Waals surface area contributed by atoms with Crippen LogP contribution in [0, 0.1) is 5.92 Å². The van der Waals surface area contributed by atoms with Crippen LogP contribution < -0.4 is 10.2 Å². The number of alkyl halides is 3. The molecule has 2 aliphatic heterocycles. The summed E-state index contributed by atoms with van der Waals surface area (Å²) in [4.78, 5) is 42.8. The third-order valence-electron chi connectivity index (χ3n) is 9.24. The number of halogens is 3. The van der Waals surface area contributed by atoms with Gasteiger partial charge in [-0.2, -0.15) is 18.3 Å². The summed E-state index contributed by atoms with van der Waals surface area (Å²) in [5.41, 5.74) is 1.65. The van der Waals surface area contributed by atoms with Gasteiger partial charge in [-0.25, -0.2) is 4.68 Å². The maximum Gasteiger partial charge on any atom is 0.408 e. The molecule has 1 aliphatic carbocycles. The van der Waals surface area contributed by atoms with Crippen LogP contribution in [0.4, 0.5) is 18.9 Å². The van der Waals surface area contributed by atoms with E-state index in [1.54, 1.807) is 36.1 Å². The van der Waals surface area contributed by atoms with Gasteiger partial charge >= 0.3 is 6.18 Å². The minimum atomic E-state index is -4.51. The molecule has 3 amide bonds. The Morgan fingerprint density at radius 3 is 2.36 bits per heavy atom. The number of amides is 3. The van der Waals surface area contributed by atoms with Gasteiger partial charge in [0.15, 0.2) is 0 Å². The van der Waals surface area contributed by atoms with E-state index in [4.69, 9.17) is 0 Å². The Balaban J connectivity index is 1.11. The summed E-state index contributed by atoms with van der Waals surface area (Å²) < 4.78 is 40.4. The summed E-state index contributed by atoms with van der Waals surface area (Å²) in [7, 11) is 0. The summed E-state index contributed by atoms with van der Waals surface area (Å²) in [5, 5.41) is 7.38. The van der Waals surface area contributed by atoms with Crippen molar-refractivity contribution >= 4 is 34.3 Å². The molecule has 222 valence electrons. The molecule has 11 heteroatoms. The summed E-state index contributed by atoms with van der Waals surface area (Å²) in [5.74, 6) is -0.187.